The van der Waals surface area contributed by atoms with Gasteiger partial charge in [-0.3, -0.25) is 0 Å². The molecule has 244 valence electrons. The Bertz CT molecular complexity index is 3100. The molecule has 2 nitrogen and oxygen atoms in total. The molecule has 2 aromatic heterocycles. The van der Waals surface area contributed by atoms with Gasteiger partial charge < -0.3 is 9.13 Å². The maximum absolute atomic E-state index is 4.67. The van der Waals surface area contributed by atoms with Crippen LogP contribution in [0.25, 0.3) is 88.9 Å². The van der Waals surface area contributed by atoms with Gasteiger partial charge in [0.05, 0.1) is 33.3 Å². The van der Waals surface area contributed by atoms with Crippen LogP contribution in [0, 0.1) is 0 Å². The molecule has 4 heterocycles. The minimum atomic E-state index is 1.03. The van der Waals surface area contributed by atoms with Crippen LogP contribution in [0.1, 0.15) is 0 Å². The molecule has 0 atom stereocenters. The number of hydrogen-bond donors (Lipinski definition) is 0. The Labute approximate surface area is 309 Å². The first-order chi connectivity index (χ1) is 25.7. The average Bonchev–Trinajstić information content (AvgIpc) is 3.70. The molecule has 0 bridgehead atoms. The van der Waals surface area contributed by atoms with Gasteiger partial charge in [-0.05, 0) is 75.8 Å². The number of rotatable bonds is 4. The molecule has 2 aliphatic heterocycles. The molecule has 0 amide bonds. The predicted octanol–water partition coefficient (Wildman–Crippen LogP) is 12.0. The number of para-hydroxylation sites is 1. The molecular weight excluding hydrogens is 669 g/mol. The van der Waals surface area contributed by atoms with Crippen molar-refractivity contribution in [1.82, 2.24) is 9.13 Å². The van der Waals surface area contributed by atoms with E-state index in [0.717, 1.165) is 26.4 Å². The summed E-state index contributed by atoms with van der Waals surface area (Å²) < 4.78 is 4.87. The van der Waals surface area contributed by atoms with Crippen molar-refractivity contribution in [3.63, 3.8) is 0 Å². The molecule has 0 radical (unpaired) electrons. The largest absolute Gasteiger partial charge is 0.307 e. The van der Waals surface area contributed by atoms with Gasteiger partial charge in [-0.15, -0.1) is 0 Å². The summed E-state index contributed by atoms with van der Waals surface area (Å²) >= 11 is 3.68. The van der Waals surface area contributed by atoms with E-state index in [1.807, 2.05) is 17.8 Å². The molecule has 0 aliphatic carbocycles. The monoisotopic (exact) mass is 698 g/mol. The van der Waals surface area contributed by atoms with Crippen LogP contribution < -0.4 is 10.6 Å². The Morgan fingerprint density at radius 2 is 1.06 bits per heavy atom. The fourth-order valence-corrected chi connectivity index (χ4v) is 10.7. The third-order valence-corrected chi connectivity index (χ3v) is 13.0. The fraction of sp³-hybridized carbons (Fsp3) is 0. The zero-order valence-electron chi connectivity index (χ0n) is 28.1. The van der Waals surface area contributed by atoms with Gasteiger partial charge in [-0.1, -0.05) is 152 Å². The quantitative estimate of drug-likeness (QED) is 0.181. The lowest BCUT2D eigenvalue weighted by atomic mass is 10.0. The summed E-state index contributed by atoms with van der Waals surface area (Å²) in [5, 5.41) is 5.86. The second kappa shape index (κ2) is 11.3. The Balaban J connectivity index is 1.09. The summed E-state index contributed by atoms with van der Waals surface area (Å²) in [6.45, 7) is 8.91. The summed E-state index contributed by atoms with van der Waals surface area (Å²) in [6.07, 6.45) is 1.99. The molecule has 0 N–H and O–H groups in total. The van der Waals surface area contributed by atoms with E-state index in [1.54, 1.807) is 11.8 Å². The van der Waals surface area contributed by atoms with E-state index in [2.05, 4.69) is 174 Å². The van der Waals surface area contributed by atoms with E-state index in [0.29, 0.717) is 0 Å². The van der Waals surface area contributed by atoms with Gasteiger partial charge in [0.1, 0.15) is 0 Å². The fourth-order valence-electron chi connectivity index (χ4n) is 8.31. The summed E-state index contributed by atoms with van der Waals surface area (Å²) in [7, 11) is 0. The molecule has 0 fully saturated rings. The van der Waals surface area contributed by atoms with Crippen molar-refractivity contribution < 1.29 is 0 Å². The number of benzene rings is 7. The second-order valence-corrected chi connectivity index (χ2v) is 15.5. The molecule has 0 unspecified atom stereocenters. The molecule has 2 aliphatic rings. The van der Waals surface area contributed by atoms with E-state index in [-0.39, 0.29) is 0 Å². The summed E-state index contributed by atoms with van der Waals surface area (Å²) in [5.74, 6) is 0. The van der Waals surface area contributed by atoms with Gasteiger partial charge in [0, 0.05) is 41.0 Å². The van der Waals surface area contributed by atoms with Crippen molar-refractivity contribution in [1.29, 1.82) is 0 Å². The van der Waals surface area contributed by atoms with E-state index in [1.165, 1.54) is 81.2 Å². The van der Waals surface area contributed by atoms with Gasteiger partial charge in [-0.25, -0.2) is 0 Å². The molecule has 4 heteroatoms. The SMILES string of the molecule is C=CC1=c2c(=C)c3cc(-c4ccc5c(c4)c4cccc6c4n5-c4cccc(-c5ccccc5)c4S6)ccc3n2-c2cccc(-c3ccccc3)c2S1. The number of hydrogen-bond acceptors (Lipinski definition) is 2. The zero-order valence-corrected chi connectivity index (χ0v) is 29.8. The smallest absolute Gasteiger partial charge is 0.0681 e. The number of nitrogens with zero attached hydrogens (tertiary/aromatic N) is 2. The Morgan fingerprint density at radius 3 is 1.71 bits per heavy atom. The Kier molecular flexibility index (Phi) is 6.46. The van der Waals surface area contributed by atoms with Crippen LogP contribution in [-0.4, -0.2) is 9.13 Å². The molecule has 52 heavy (non-hydrogen) atoms. The van der Waals surface area contributed by atoms with Gasteiger partial charge in [0.15, 0.2) is 0 Å². The van der Waals surface area contributed by atoms with Crippen LogP contribution in [0.5, 0.6) is 0 Å². The van der Waals surface area contributed by atoms with Crippen molar-refractivity contribution in [3.8, 4) is 44.8 Å². The van der Waals surface area contributed by atoms with Crippen LogP contribution >= 0.6 is 23.5 Å². The van der Waals surface area contributed by atoms with E-state index < -0.39 is 0 Å². The normalized spacial score (nSPS) is 13.0. The summed E-state index contributed by atoms with van der Waals surface area (Å²) in [5.41, 5.74) is 13.4. The molecule has 7 aromatic carbocycles. The van der Waals surface area contributed by atoms with E-state index in [9.17, 15) is 0 Å². The number of thioether (sulfide) groups is 1. The first-order valence-electron chi connectivity index (χ1n) is 17.5. The minimum Gasteiger partial charge on any atom is -0.307 e. The first kappa shape index (κ1) is 29.8. The molecule has 11 rings (SSSR count). The summed E-state index contributed by atoms with van der Waals surface area (Å²) in [4.78, 5) is 4.96. The molecule has 0 spiro atoms. The highest BCUT2D eigenvalue weighted by Crippen LogP contribution is 2.50. The minimum absolute atomic E-state index is 1.03. The van der Waals surface area contributed by atoms with Crippen LogP contribution in [0.15, 0.2) is 179 Å². The first-order valence-corrected chi connectivity index (χ1v) is 19.1. The lowest BCUT2D eigenvalue weighted by Gasteiger charge is -2.22. The molecule has 9 aromatic rings. The highest BCUT2D eigenvalue weighted by molar-refractivity contribution is 8.08. The number of fused-ring (bicyclic) bond motifs is 10. The zero-order chi connectivity index (χ0) is 34.5. The van der Waals surface area contributed by atoms with Gasteiger partial charge in [-0.2, -0.15) is 0 Å². The topological polar surface area (TPSA) is 9.86 Å². The van der Waals surface area contributed by atoms with Crippen molar-refractivity contribution in [2.24, 2.45) is 0 Å². The lowest BCUT2D eigenvalue weighted by Crippen LogP contribution is -2.31. The van der Waals surface area contributed by atoms with Gasteiger partial charge in [0.25, 0.3) is 0 Å². The second-order valence-electron chi connectivity index (χ2n) is 13.4. The highest BCUT2D eigenvalue weighted by Gasteiger charge is 2.26. The van der Waals surface area contributed by atoms with Crippen LogP contribution in [0.2, 0.25) is 0 Å². The van der Waals surface area contributed by atoms with Crippen molar-refractivity contribution in [3.05, 3.63) is 175 Å². The Morgan fingerprint density at radius 1 is 0.481 bits per heavy atom. The van der Waals surface area contributed by atoms with Crippen LogP contribution in [-0.2, 0) is 0 Å². The third kappa shape index (κ3) is 4.16. The van der Waals surface area contributed by atoms with Gasteiger partial charge >= 0.3 is 0 Å². The van der Waals surface area contributed by atoms with E-state index in [4.69, 9.17) is 0 Å². The van der Waals surface area contributed by atoms with Crippen molar-refractivity contribution in [2.45, 2.75) is 14.7 Å². The predicted molar refractivity (Wildman–Crippen MR) is 222 cm³/mol. The van der Waals surface area contributed by atoms with Crippen molar-refractivity contribution >= 4 is 67.7 Å². The Hall–Kier alpha value is -5.94. The average molecular weight is 699 g/mol. The molecule has 0 saturated carbocycles. The molecule has 0 saturated heterocycles. The maximum Gasteiger partial charge on any atom is 0.0681 e. The van der Waals surface area contributed by atoms with Crippen LogP contribution in [0.3, 0.4) is 0 Å². The standard InChI is InChI=1S/C48H30N2S2/c1-3-43-45-29(2)37-27-32(23-25-39(37)49(45)41-20-10-17-34(47(41)51-43)30-13-6-4-7-14-30)33-24-26-40-38(28-33)36-19-12-22-44-46(36)50(40)42-21-11-18-35(48(42)52-44)31-15-8-5-9-16-31/h3-28H,1-2H2. The van der Waals surface area contributed by atoms with Crippen LogP contribution in [0.4, 0.5) is 0 Å². The third-order valence-electron chi connectivity index (χ3n) is 10.6. The maximum atomic E-state index is 4.67. The lowest BCUT2D eigenvalue weighted by molar-refractivity contribution is 1.03. The number of aromatic nitrogens is 2. The highest BCUT2D eigenvalue weighted by atomic mass is 32.2. The van der Waals surface area contributed by atoms with Crippen molar-refractivity contribution in [2.75, 3.05) is 0 Å². The molecular formula is C48H30N2S2. The van der Waals surface area contributed by atoms with Gasteiger partial charge in [0.2, 0.25) is 0 Å². The summed E-state index contributed by atoms with van der Waals surface area (Å²) in [6, 6.07) is 55.3. The van der Waals surface area contributed by atoms with E-state index >= 15 is 0 Å².